The SMILES string of the molecule is O=C(N[C@@H](Cc1ccccc1)C(=O)NCc1ccco1)C1CC1. The van der Waals surface area contributed by atoms with Gasteiger partial charge in [-0.05, 0) is 30.5 Å². The molecule has 1 atom stereocenters. The van der Waals surface area contributed by atoms with Crippen LogP contribution >= 0.6 is 0 Å². The van der Waals surface area contributed by atoms with Crippen LogP contribution in [0.5, 0.6) is 0 Å². The second kappa shape index (κ2) is 7.13. The first-order chi connectivity index (χ1) is 11.2. The predicted molar refractivity (Wildman–Crippen MR) is 85.4 cm³/mol. The number of rotatable bonds is 7. The second-order valence-electron chi connectivity index (χ2n) is 5.82. The highest BCUT2D eigenvalue weighted by Gasteiger charge is 2.32. The molecule has 23 heavy (non-hydrogen) atoms. The standard InChI is InChI=1S/C18H20N2O3/c21-17(14-8-9-14)20-16(11-13-5-2-1-3-6-13)18(22)19-12-15-7-4-10-23-15/h1-7,10,14,16H,8-9,11-12H2,(H,19,22)(H,20,21)/t16-/m0/s1. The molecule has 1 saturated carbocycles. The molecule has 1 heterocycles. The average molecular weight is 312 g/mol. The van der Waals surface area contributed by atoms with Crippen LogP contribution < -0.4 is 10.6 Å². The third kappa shape index (κ3) is 4.45. The lowest BCUT2D eigenvalue weighted by atomic mass is 10.0. The van der Waals surface area contributed by atoms with Crippen molar-refractivity contribution < 1.29 is 14.0 Å². The molecule has 0 spiro atoms. The fourth-order valence-corrected chi connectivity index (χ4v) is 2.40. The number of furan rings is 1. The minimum atomic E-state index is -0.569. The highest BCUT2D eigenvalue weighted by atomic mass is 16.3. The maximum atomic E-state index is 12.5. The molecule has 0 radical (unpaired) electrons. The van der Waals surface area contributed by atoms with Crippen molar-refractivity contribution >= 4 is 11.8 Å². The summed E-state index contributed by atoms with van der Waals surface area (Å²) >= 11 is 0. The lowest BCUT2D eigenvalue weighted by Gasteiger charge is -2.18. The molecule has 5 nitrogen and oxygen atoms in total. The fraction of sp³-hybridized carbons (Fsp3) is 0.333. The smallest absolute Gasteiger partial charge is 0.243 e. The third-order valence-corrected chi connectivity index (χ3v) is 3.88. The van der Waals surface area contributed by atoms with Crippen LogP contribution in [0, 0.1) is 5.92 Å². The average Bonchev–Trinajstić information content (AvgIpc) is 3.29. The molecular formula is C18H20N2O3. The van der Waals surface area contributed by atoms with E-state index in [1.54, 1.807) is 18.4 Å². The van der Waals surface area contributed by atoms with Crippen LogP contribution in [0.15, 0.2) is 53.1 Å². The summed E-state index contributed by atoms with van der Waals surface area (Å²) in [5.41, 5.74) is 1.02. The Bertz CT molecular complexity index is 648. The van der Waals surface area contributed by atoms with Crippen LogP contribution in [0.2, 0.25) is 0 Å². The van der Waals surface area contributed by atoms with Gasteiger partial charge in [-0.2, -0.15) is 0 Å². The Balaban J connectivity index is 1.62. The molecular weight excluding hydrogens is 292 g/mol. The minimum Gasteiger partial charge on any atom is -0.467 e. The zero-order valence-electron chi connectivity index (χ0n) is 12.8. The van der Waals surface area contributed by atoms with E-state index < -0.39 is 6.04 Å². The van der Waals surface area contributed by atoms with Crippen molar-refractivity contribution in [1.29, 1.82) is 0 Å². The number of nitrogens with one attached hydrogen (secondary N) is 2. The third-order valence-electron chi connectivity index (χ3n) is 3.88. The molecule has 1 fully saturated rings. The maximum Gasteiger partial charge on any atom is 0.243 e. The summed E-state index contributed by atoms with van der Waals surface area (Å²) in [6, 6.07) is 12.7. The van der Waals surface area contributed by atoms with Gasteiger partial charge < -0.3 is 15.1 Å². The van der Waals surface area contributed by atoms with E-state index in [1.165, 1.54) is 0 Å². The second-order valence-corrected chi connectivity index (χ2v) is 5.82. The number of amides is 2. The number of hydrogen-bond acceptors (Lipinski definition) is 3. The number of benzene rings is 1. The van der Waals surface area contributed by atoms with Gasteiger partial charge in [-0.1, -0.05) is 30.3 Å². The summed E-state index contributed by atoms with van der Waals surface area (Å²) in [6.07, 6.45) is 3.87. The zero-order chi connectivity index (χ0) is 16.1. The molecule has 1 aliphatic rings. The largest absolute Gasteiger partial charge is 0.467 e. The highest BCUT2D eigenvalue weighted by Crippen LogP contribution is 2.29. The lowest BCUT2D eigenvalue weighted by molar-refractivity contribution is -0.129. The van der Waals surface area contributed by atoms with Gasteiger partial charge in [0.05, 0.1) is 12.8 Å². The van der Waals surface area contributed by atoms with Crippen molar-refractivity contribution in [2.45, 2.75) is 31.8 Å². The summed E-state index contributed by atoms with van der Waals surface area (Å²) in [6.45, 7) is 0.316. The highest BCUT2D eigenvalue weighted by molar-refractivity contribution is 5.89. The van der Waals surface area contributed by atoms with Gasteiger partial charge in [0.25, 0.3) is 0 Å². The first kappa shape index (κ1) is 15.3. The maximum absolute atomic E-state index is 12.5. The van der Waals surface area contributed by atoms with Gasteiger partial charge >= 0.3 is 0 Å². The monoisotopic (exact) mass is 312 g/mol. The Morgan fingerprint density at radius 3 is 2.57 bits per heavy atom. The summed E-state index contributed by atoms with van der Waals surface area (Å²) < 4.78 is 5.21. The van der Waals surface area contributed by atoms with Gasteiger partial charge in [0.1, 0.15) is 11.8 Å². The molecule has 1 aliphatic carbocycles. The molecule has 0 bridgehead atoms. The van der Waals surface area contributed by atoms with Crippen LogP contribution in [0.4, 0.5) is 0 Å². The van der Waals surface area contributed by atoms with E-state index in [9.17, 15) is 9.59 Å². The van der Waals surface area contributed by atoms with Crippen LogP contribution in [0.3, 0.4) is 0 Å². The molecule has 1 aromatic carbocycles. The van der Waals surface area contributed by atoms with Crippen LogP contribution in [-0.2, 0) is 22.6 Å². The summed E-state index contributed by atoms with van der Waals surface area (Å²) in [5.74, 6) is 0.537. The van der Waals surface area contributed by atoms with E-state index in [0.717, 1.165) is 18.4 Å². The molecule has 0 unspecified atom stereocenters. The number of carbonyl (C=O) groups excluding carboxylic acids is 2. The molecule has 0 saturated heterocycles. The first-order valence-electron chi connectivity index (χ1n) is 7.87. The molecule has 2 aromatic rings. The van der Waals surface area contributed by atoms with E-state index in [2.05, 4.69) is 10.6 Å². The quantitative estimate of drug-likeness (QED) is 0.822. The van der Waals surface area contributed by atoms with Crippen molar-refractivity contribution in [2.75, 3.05) is 0 Å². The Hall–Kier alpha value is -2.56. The Kier molecular flexibility index (Phi) is 4.76. The van der Waals surface area contributed by atoms with Crippen LogP contribution in [0.25, 0.3) is 0 Å². The Labute approximate surface area is 135 Å². The van der Waals surface area contributed by atoms with Crippen molar-refractivity contribution in [2.24, 2.45) is 5.92 Å². The fourth-order valence-electron chi connectivity index (χ4n) is 2.40. The van der Waals surface area contributed by atoms with Gasteiger partial charge in [-0.15, -0.1) is 0 Å². The van der Waals surface area contributed by atoms with Crippen LogP contribution in [-0.4, -0.2) is 17.9 Å². The molecule has 120 valence electrons. The Morgan fingerprint density at radius 2 is 1.91 bits per heavy atom. The van der Waals surface area contributed by atoms with Gasteiger partial charge in [0, 0.05) is 12.3 Å². The topological polar surface area (TPSA) is 71.3 Å². The molecule has 2 N–H and O–H groups in total. The van der Waals surface area contributed by atoms with Crippen molar-refractivity contribution in [1.82, 2.24) is 10.6 Å². The van der Waals surface area contributed by atoms with Gasteiger partial charge in [0.2, 0.25) is 11.8 Å². The molecule has 2 amide bonds. The molecule has 3 rings (SSSR count). The summed E-state index contributed by atoms with van der Waals surface area (Å²) in [4.78, 5) is 24.5. The predicted octanol–water partition coefficient (Wildman–Crippen LogP) is 2.03. The van der Waals surface area contributed by atoms with Crippen LogP contribution in [0.1, 0.15) is 24.2 Å². The minimum absolute atomic E-state index is 0.0286. The Morgan fingerprint density at radius 1 is 1.13 bits per heavy atom. The summed E-state index contributed by atoms with van der Waals surface area (Å²) in [7, 11) is 0. The van der Waals surface area contributed by atoms with E-state index in [4.69, 9.17) is 4.42 Å². The van der Waals surface area contributed by atoms with Gasteiger partial charge in [-0.3, -0.25) is 9.59 Å². The zero-order valence-corrected chi connectivity index (χ0v) is 12.8. The van der Waals surface area contributed by atoms with Gasteiger partial charge in [0.15, 0.2) is 0 Å². The van der Waals surface area contributed by atoms with E-state index in [0.29, 0.717) is 18.7 Å². The van der Waals surface area contributed by atoms with Crippen molar-refractivity contribution in [3.05, 3.63) is 60.1 Å². The number of hydrogen-bond donors (Lipinski definition) is 2. The molecule has 5 heteroatoms. The van der Waals surface area contributed by atoms with Crippen molar-refractivity contribution in [3.8, 4) is 0 Å². The van der Waals surface area contributed by atoms with E-state index in [-0.39, 0.29) is 17.7 Å². The molecule has 0 aliphatic heterocycles. The van der Waals surface area contributed by atoms with E-state index >= 15 is 0 Å². The van der Waals surface area contributed by atoms with E-state index in [1.807, 2.05) is 30.3 Å². The lowest BCUT2D eigenvalue weighted by Crippen LogP contribution is -2.48. The number of carbonyl (C=O) groups is 2. The molecule has 1 aromatic heterocycles. The normalized spacial score (nSPS) is 15.0. The summed E-state index contributed by atoms with van der Waals surface area (Å²) in [5, 5.41) is 5.70. The van der Waals surface area contributed by atoms with Gasteiger partial charge in [-0.25, -0.2) is 0 Å². The first-order valence-corrected chi connectivity index (χ1v) is 7.87. The van der Waals surface area contributed by atoms with Crippen molar-refractivity contribution in [3.63, 3.8) is 0 Å².